The molecule has 0 radical (unpaired) electrons. The molecule has 22 heavy (non-hydrogen) atoms. The molecule has 0 saturated heterocycles. The van der Waals surface area contributed by atoms with Gasteiger partial charge in [-0.2, -0.15) is 18.4 Å². The van der Waals surface area contributed by atoms with Gasteiger partial charge in [-0.05, 0) is 29.8 Å². The number of nitrogens with zero attached hydrogens (tertiary/aromatic N) is 2. The lowest BCUT2D eigenvalue weighted by Crippen LogP contribution is -2.30. The predicted octanol–water partition coefficient (Wildman–Crippen LogP) is 4.09. The first-order chi connectivity index (χ1) is 10.2. The lowest BCUT2D eigenvalue weighted by Gasteiger charge is -2.15. The molecular formula is C14H7Cl2F3N2O. The Morgan fingerprint density at radius 2 is 1.82 bits per heavy atom. The van der Waals surface area contributed by atoms with Gasteiger partial charge >= 0.3 is 6.18 Å². The van der Waals surface area contributed by atoms with E-state index in [1.165, 1.54) is 18.2 Å². The highest BCUT2D eigenvalue weighted by molar-refractivity contribution is 6.42. The van der Waals surface area contributed by atoms with Crippen molar-refractivity contribution in [3.8, 4) is 6.07 Å². The molecule has 0 aliphatic heterocycles. The lowest BCUT2D eigenvalue weighted by molar-refractivity contribution is -0.144. The molecule has 1 aromatic carbocycles. The second kappa shape index (κ2) is 6.03. The van der Waals surface area contributed by atoms with Crippen LogP contribution in [0.2, 0.25) is 10.0 Å². The zero-order valence-corrected chi connectivity index (χ0v) is 12.3. The Morgan fingerprint density at radius 1 is 1.14 bits per heavy atom. The van der Waals surface area contributed by atoms with Gasteiger partial charge in [0, 0.05) is 0 Å². The second-order valence-corrected chi connectivity index (χ2v) is 5.20. The Bertz CT molecular complexity index is 822. The van der Waals surface area contributed by atoms with Crippen LogP contribution in [-0.2, 0) is 12.7 Å². The van der Waals surface area contributed by atoms with Crippen LogP contribution in [0, 0.1) is 11.3 Å². The van der Waals surface area contributed by atoms with Crippen LogP contribution in [0.1, 0.15) is 16.8 Å². The molecule has 1 heterocycles. The number of alkyl halides is 3. The monoisotopic (exact) mass is 346 g/mol. The second-order valence-electron chi connectivity index (χ2n) is 4.38. The molecule has 0 N–H and O–H groups in total. The third-order valence-electron chi connectivity index (χ3n) is 2.91. The summed E-state index contributed by atoms with van der Waals surface area (Å²) >= 11 is 11.6. The molecule has 0 spiro atoms. The van der Waals surface area contributed by atoms with Gasteiger partial charge in [-0.25, -0.2) is 0 Å². The van der Waals surface area contributed by atoms with E-state index in [1.54, 1.807) is 6.07 Å². The van der Waals surface area contributed by atoms with Crippen molar-refractivity contribution < 1.29 is 13.2 Å². The van der Waals surface area contributed by atoms with Crippen molar-refractivity contribution in [2.45, 2.75) is 12.7 Å². The van der Waals surface area contributed by atoms with Crippen LogP contribution >= 0.6 is 23.2 Å². The third kappa shape index (κ3) is 3.26. The smallest absolute Gasteiger partial charge is 0.299 e. The van der Waals surface area contributed by atoms with Crippen molar-refractivity contribution in [2.24, 2.45) is 0 Å². The number of nitriles is 1. The molecule has 0 unspecified atom stereocenters. The highest BCUT2D eigenvalue weighted by Crippen LogP contribution is 2.29. The first kappa shape index (κ1) is 16.4. The largest absolute Gasteiger partial charge is 0.431 e. The molecule has 0 aliphatic carbocycles. The maximum Gasteiger partial charge on any atom is 0.431 e. The fourth-order valence-electron chi connectivity index (χ4n) is 1.89. The molecule has 0 aliphatic rings. The summed E-state index contributed by atoms with van der Waals surface area (Å²) in [7, 11) is 0. The van der Waals surface area contributed by atoms with E-state index in [4.69, 9.17) is 28.5 Å². The standard InChI is InChI=1S/C14H7Cl2F3N2O/c15-10-3-1-8(5-11(10)16)7-21-12(14(17,18)19)4-2-9(6-20)13(21)22/h1-5H,7H2. The average Bonchev–Trinajstić information content (AvgIpc) is 2.43. The number of hydrogen-bond acceptors (Lipinski definition) is 2. The summed E-state index contributed by atoms with van der Waals surface area (Å²) in [6.07, 6.45) is -4.72. The van der Waals surface area contributed by atoms with Gasteiger partial charge in [0.2, 0.25) is 0 Å². The minimum absolute atomic E-state index is 0.164. The van der Waals surface area contributed by atoms with Gasteiger partial charge in [-0.3, -0.25) is 9.36 Å². The molecule has 0 bridgehead atoms. The van der Waals surface area contributed by atoms with Crippen LogP contribution in [0.15, 0.2) is 35.1 Å². The third-order valence-corrected chi connectivity index (χ3v) is 3.65. The first-order valence-corrected chi connectivity index (χ1v) is 6.64. The number of halogens is 5. The molecule has 0 saturated carbocycles. The summed E-state index contributed by atoms with van der Waals surface area (Å²) in [5.74, 6) is 0. The molecule has 2 rings (SSSR count). The SMILES string of the molecule is N#Cc1ccc(C(F)(F)F)n(Cc2ccc(Cl)c(Cl)c2)c1=O. The van der Waals surface area contributed by atoms with Crippen LogP contribution in [0.4, 0.5) is 13.2 Å². The molecule has 0 fully saturated rings. The number of rotatable bonds is 2. The topological polar surface area (TPSA) is 45.8 Å². The summed E-state index contributed by atoms with van der Waals surface area (Å²) < 4.78 is 39.6. The Balaban J connectivity index is 2.60. The molecule has 3 nitrogen and oxygen atoms in total. The maximum atomic E-state index is 13.0. The fourth-order valence-corrected chi connectivity index (χ4v) is 2.21. The van der Waals surface area contributed by atoms with Crippen LogP contribution in [0.5, 0.6) is 0 Å². The van der Waals surface area contributed by atoms with Gasteiger partial charge in [-0.1, -0.05) is 29.3 Å². The van der Waals surface area contributed by atoms with Crippen LogP contribution < -0.4 is 5.56 Å². The van der Waals surface area contributed by atoms with Gasteiger partial charge in [0.15, 0.2) is 0 Å². The van der Waals surface area contributed by atoms with Crippen molar-refractivity contribution in [1.29, 1.82) is 5.26 Å². The van der Waals surface area contributed by atoms with E-state index in [0.717, 1.165) is 6.07 Å². The summed E-state index contributed by atoms with van der Waals surface area (Å²) in [6.45, 7) is -0.375. The Kier molecular flexibility index (Phi) is 4.50. The molecule has 114 valence electrons. The first-order valence-electron chi connectivity index (χ1n) is 5.89. The molecular weight excluding hydrogens is 340 g/mol. The molecule has 1 aromatic heterocycles. The van der Waals surface area contributed by atoms with Crippen molar-refractivity contribution in [1.82, 2.24) is 4.57 Å². The van der Waals surface area contributed by atoms with Crippen molar-refractivity contribution in [3.63, 3.8) is 0 Å². The summed E-state index contributed by atoms with van der Waals surface area (Å²) in [6, 6.07) is 7.39. The Labute approximate surface area is 133 Å². The minimum Gasteiger partial charge on any atom is -0.299 e. The lowest BCUT2D eigenvalue weighted by atomic mass is 10.2. The summed E-state index contributed by atoms with van der Waals surface area (Å²) in [5, 5.41) is 9.21. The minimum atomic E-state index is -4.72. The number of aromatic nitrogens is 1. The highest BCUT2D eigenvalue weighted by atomic mass is 35.5. The van der Waals surface area contributed by atoms with E-state index < -0.39 is 17.4 Å². The van der Waals surface area contributed by atoms with Gasteiger partial charge < -0.3 is 0 Å². The highest BCUT2D eigenvalue weighted by Gasteiger charge is 2.34. The summed E-state index contributed by atoms with van der Waals surface area (Å²) in [4.78, 5) is 12.0. The average molecular weight is 347 g/mol. The normalized spacial score (nSPS) is 11.3. The van der Waals surface area contributed by atoms with E-state index >= 15 is 0 Å². The zero-order valence-electron chi connectivity index (χ0n) is 10.8. The van der Waals surface area contributed by atoms with Crippen molar-refractivity contribution in [2.75, 3.05) is 0 Å². The quantitative estimate of drug-likeness (QED) is 0.821. The predicted molar refractivity (Wildman–Crippen MR) is 76.0 cm³/mol. The Morgan fingerprint density at radius 3 is 2.36 bits per heavy atom. The van der Waals surface area contributed by atoms with Crippen LogP contribution in [0.3, 0.4) is 0 Å². The van der Waals surface area contributed by atoms with Crippen molar-refractivity contribution in [3.05, 3.63) is 67.6 Å². The Hall–Kier alpha value is -1.97. The molecule has 2 aromatic rings. The van der Waals surface area contributed by atoms with E-state index in [2.05, 4.69) is 0 Å². The van der Waals surface area contributed by atoms with E-state index in [0.29, 0.717) is 16.2 Å². The fraction of sp³-hybridized carbons (Fsp3) is 0.143. The molecule has 8 heteroatoms. The number of pyridine rings is 1. The number of hydrogen-bond donors (Lipinski definition) is 0. The van der Waals surface area contributed by atoms with E-state index in [-0.39, 0.29) is 22.2 Å². The maximum absolute atomic E-state index is 13.0. The van der Waals surface area contributed by atoms with Crippen LogP contribution in [-0.4, -0.2) is 4.57 Å². The van der Waals surface area contributed by atoms with Gasteiger partial charge in [0.1, 0.15) is 17.3 Å². The van der Waals surface area contributed by atoms with Gasteiger partial charge in [-0.15, -0.1) is 0 Å². The van der Waals surface area contributed by atoms with Crippen molar-refractivity contribution >= 4 is 23.2 Å². The summed E-state index contributed by atoms with van der Waals surface area (Å²) in [5.41, 5.74) is -2.16. The zero-order chi connectivity index (χ0) is 16.5. The van der Waals surface area contributed by atoms with Crippen LogP contribution in [0.25, 0.3) is 0 Å². The van der Waals surface area contributed by atoms with Gasteiger partial charge in [0.05, 0.1) is 16.6 Å². The van der Waals surface area contributed by atoms with E-state index in [1.807, 2.05) is 0 Å². The number of benzene rings is 1. The molecule has 0 atom stereocenters. The van der Waals surface area contributed by atoms with Gasteiger partial charge in [0.25, 0.3) is 5.56 Å². The van der Waals surface area contributed by atoms with E-state index in [9.17, 15) is 18.0 Å². The molecule has 0 amide bonds.